The molecule has 1 fully saturated rings. The fourth-order valence-electron chi connectivity index (χ4n) is 2.57. The van der Waals surface area contributed by atoms with Gasteiger partial charge in [-0.15, -0.1) is 0 Å². The normalized spacial score (nSPS) is 16.7. The number of ether oxygens (including phenoxy) is 3. The van der Waals surface area contributed by atoms with E-state index in [-0.39, 0.29) is 29.5 Å². The van der Waals surface area contributed by atoms with Gasteiger partial charge in [0.2, 0.25) is 0 Å². The maximum atomic E-state index is 12.4. The van der Waals surface area contributed by atoms with Gasteiger partial charge in [0, 0.05) is 12.1 Å². The van der Waals surface area contributed by atoms with Crippen LogP contribution in [0.2, 0.25) is 0 Å². The number of amides is 1. The third-order valence-corrected chi connectivity index (χ3v) is 3.89. The van der Waals surface area contributed by atoms with Crippen LogP contribution >= 0.6 is 0 Å². The number of carbonyl (C=O) groups is 2. The lowest BCUT2D eigenvalue weighted by Gasteiger charge is -2.18. The zero-order valence-corrected chi connectivity index (χ0v) is 14.4. The van der Waals surface area contributed by atoms with Crippen LogP contribution in [0.15, 0.2) is 17.7 Å². The van der Waals surface area contributed by atoms with Gasteiger partial charge >= 0.3 is 0 Å². The van der Waals surface area contributed by atoms with E-state index < -0.39 is 17.4 Å². The quantitative estimate of drug-likeness (QED) is 0.502. The van der Waals surface area contributed by atoms with E-state index in [1.54, 1.807) is 0 Å². The minimum absolute atomic E-state index is 0.0501. The molecule has 1 heterocycles. The predicted octanol–water partition coefficient (Wildman–Crippen LogP) is 1.80. The molecule has 1 amide bonds. The van der Waals surface area contributed by atoms with Crippen molar-refractivity contribution in [3.05, 3.63) is 23.3 Å². The van der Waals surface area contributed by atoms with E-state index in [2.05, 4.69) is 0 Å². The number of benzene rings is 1. The molecule has 0 unspecified atom stereocenters. The van der Waals surface area contributed by atoms with Crippen LogP contribution in [0.1, 0.15) is 19.4 Å². The fraction of sp³-hybridized carbons (Fsp3) is 0.412. The van der Waals surface area contributed by atoms with Crippen molar-refractivity contribution in [3.63, 3.8) is 0 Å². The van der Waals surface area contributed by atoms with Gasteiger partial charge in [0.15, 0.2) is 17.3 Å². The molecule has 0 bridgehead atoms. The first kappa shape index (κ1) is 17.7. The van der Waals surface area contributed by atoms with Gasteiger partial charge < -0.3 is 24.2 Å². The zero-order valence-electron chi connectivity index (χ0n) is 14.4. The summed E-state index contributed by atoms with van der Waals surface area (Å²) in [5, 5.41) is 10.6. The smallest absolute Gasteiger partial charge is 0.262 e. The molecule has 130 valence electrons. The molecule has 1 aromatic rings. The first-order valence-corrected chi connectivity index (χ1v) is 7.43. The number of aliphatic hydroxyl groups is 1. The van der Waals surface area contributed by atoms with Crippen LogP contribution in [0, 0.1) is 0 Å². The number of hydrogen-bond acceptors (Lipinski definition) is 6. The Morgan fingerprint density at radius 2 is 1.58 bits per heavy atom. The molecule has 1 aliphatic rings. The van der Waals surface area contributed by atoms with E-state index in [4.69, 9.17) is 14.2 Å². The highest BCUT2D eigenvalue weighted by Gasteiger charge is 2.38. The summed E-state index contributed by atoms with van der Waals surface area (Å²) in [5.74, 6) is -0.331. The summed E-state index contributed by atoms with van der Waals surface area (Å²) in [5.41, 5.74) is -0.0494. The summed E-state index contributed by atoms with van der Waals surface area (Å²) in [6, 6.07) is 2.85. The molecule has 1 aliphatic heterocycles. The highest BCUT2D eigenvalue weighted by Crippen LogP contribution is 2.38. The van der Waals surface area contributed by atoms with Crippen LogP contribution in [0.25, 0.3) is 5.76 Å². The van der Waals surface area contributed by atoms with Crippen molar-refractivity contribution in [3.8, 4) is 17.2 Å². The number of Topliss-reactive ketones (excluding diaryl/α,β-unsaturated/α-hetero) is 1. The summed E-state index contributed by atoms with van der Waals surface area (Å²) in [6.45, 7) is 3.57. The van der Waals surface area contributed by atoms with Gasteiger partial charge in [0.1, 0.15) is 17.1 Å². The van der Waals surface area contributed by atoms with Gasteiger partial charge in [0.25, 0.3) is 5.91 Å². The lowest BCUT2D eigenvalue weighted by Crippen LogP contribution is -2.32. The van der Waals surface area contributed by atoms with Gasteiger partial charge in [-0.25, -0.2) is 0 Å². The highest BCUT2D eigenvalue weighted by molar-refractivity contribution is 6.29. The van der Waals surface area contributed by atoms with Crippen molar-refractivity contribution in [2.24, 2.45) is 0 Å². The van der Waals surface area contributed by atoms with E-state index in [1.807, 2.05) is 13.8 Å². The number of rotatable bonds is 5. The molecular formula is C17H21NO6. The summed E-state index contributed by atoms with van der Waals surface area (Å²) in [6.07, 6.45) is 0. The van der Waals surface area contributed by atoms with Crippen LogP contribution in [-0.4, -0.2) is 55.6 Å². The van der Waals surface area contributed by atoms with E-state index in [0.717, 1.165) is 0 Å². The molecule has 0 spiro atoms. The molecule has 0 aliphatic carbocycles. The van der Waals surface area contributed by atoms with Crippen LogP contribution in [0.4, 0.5) is 0 Å². The molecule has 0 atom stereocenters. The van der Waals surface area contributed by atoms with Crippen LogP contribution in [0.3, 0.4) is 0 Å². The number of aliphatic hydroxyl groups excluding tert-OH is 1. The van der Waals surface area contributed by atoms with E-state index >= 15 is 0 Å². The molecular weight excluding hydrogens is 314 g/mol. The Morgan fingerprint density at radius 3 is 2.04 bits per heavy atom. The van der Waals surface area contributed by atoms with Crippen molar-refractivity contribution >= 4 is 17.4 Å². The van der Waals surface area contributed by atoms with Crippen molar-refractivity contribution < 1.29 is 28.9 Å². The third-order valence-electron chi connectivity index (χ3n) is 3.89. The van der Waals surface area contributed by atoms with Gasteiger partial charge in [-0.2, -0.15) is 0 Å². The number of hydrogen-bond donors (Lipinski definition) is 1. The largest absolute Gasteiger partial charge is 0.506 e. The number of likely N-dealkylation sites (tertiary alicyclic amines) is 1. The SMILES string of the molecule is COc1cc(OC)c(/C(O)=C2/C(=O)CN(C(C)C)C2=O)cc1OC. The Morgan fingerprint density at radius 1 is 1.04 bits per heavy atom. The Bertz CT molecular complexity index is 707. The standard InChI is InChI=1S/C17H21NO6/c1-9(2)18-8-11(19)15(17(18)21)16(20)10-6-13(23-4)14(24-5)7-12(10)22-3/h6-7,9,20H,8H2,1-5H3/b16-15+. The molecule has 1 saturated heterocycles. The zero-order chi connectivity index (χ0) is 18.0. The first-order chi connectivity index (χ1) is 11.3. The van der Waals surface area contributed by atoms with E-state index in [0.29, 0.717) is 11.5 Å². The Balaban J connectivity index is 2.62. The topological polar surface area (TPSA) is 85.3 Å². The minimum atomic E-state index is -0.496. The summed E-state index contributed by atoms with van der Waals surface area (Å²) in [4.78, 5) is 26.1. The van der Waals surface area contributed by atoms with Gasteiger partial charge in [-0.05, 0) is 19.9 Å². The van der Waals surface area contributed by atoms with Crippen molar-refractivity contribution in [2.45, 2.75) is 19.9 Å². The average molecular weight is 335 g/mol. The van der Waals surface area contributed by atoms with Gasteiger partial charge in [0.05, 0.1) is 33.4 Å². The number of nitrogens with zero attached hydrogens (tertiary/aromatic N) is 1. The van der Waals surface area contributed by atoms with E-state index in [9.17, 15) is 14.7 Å². The predicted molar refractivity (Wildman–Crippen MR) is 87.5 cm³/mol. The van der Waals surface area contributed by atoms with Gasteiger partial charge in [-0.1, -0.05) is 0 Å². The monoisotopic (exact) mass is 335 g/mol. The molecule has 2 rings (SSSR count). The Kier molecular flexibility index (Phi) is 5.02. The maximum Gasteiger partial charge on any atom is 0.262 e. The van der Waals surface area contributed by atoms with Crippen molar-refractivity contribution in [1.29, 1.82) is 0 Å². The average Bonchev–Trinajstić information content (AvgIpc) is 2.87. The van der Waals surface area contributed by atoms with Crippen LogP contribution < -0.4 is 14.2 Å². The Hall–Kier alpha value is -2.70. The van der Waals surface area contributed by atoms with E-state index in [1.165, 1.54) is 38.4 Å². The molecule has 1 N–H and O–H groups in total. The lowest BCUT2D eigenvalue weighted by atomic mass is 10.0. The number of methoxy groups -OCH3 is 3. The molecule has 24 heavy (non-hydrogen) atoms. The molecule has 1 aromatic carbocycles. The third kappa shape index (κ3) is 2.89. The van der Waals surface area contributed by atoms with Gasteiger partial charge in [-0.3, -0.25) is 9.59 Å². The van der Waals surface area contributed by atoms with Crippen LogP contribution in [0.5, 0.6) is 17.2 Å². The second kappa shape index (κ2) is 6.82. The van der Waals surface area contributed by atoms with Crippen molar-refractivity contribution in [1.82, 2.24) is 4.90 Å². The van der Waals surface area contributed by atoms with Crippen LogP contribution in [-0.2, 0) is 9.59 Å². The highest BCUT2D eigenvalue weighted by atomic mass is 16.5. The molecule has 0 radical (unpaired) electrons. The minimum Gasteiger partial charge on any atom is -0.506 e. The molecule has 7 heteroatoms. The summed E-state index contributed by atoms with van der Waals surface area (Å²) < 4.78 is 15.6. The molecule has 0 saturated carbocycles. The van der Waals surface area contributed by atoms with Crippen molar-refractivity contribution in [2.75, 3.05) is 27.9 Å². The Labute approximate surface area is 140 Å². The summed E-state index contributed by atoms with van der Waals surface area (Å²) >= 11 is 0. The maximum absolute atomic E-state index is 12.4. The second-order valence-corrected chi connectivity index (χ2v) is 5.58. The number of ketones is 1. The molecule has 0 aromatic heterocycles. The lowest BCUT2D eigenvalue weighted by molar-refractivity contribution is -0.126. The summed E-state index contributed by atoms with van der Waals surface area (Å²) in [7, 11) is 4.34. The first-order valence-electron chi connectivity index (χ1n) is 7.43. The number of carbonyl (C=O) groups excluding carboxylic acids is 2. The molecule has 7 nitrogen and oxygen atoms in total. The second-order valence-electron chi connectivity index (χ2n) is 5.58. The fourth-order valence-corrected chi connectivity index (χ4v) is 2.57.